The minimum absolute atomic E-state index is 0.0550. The molecule has 0 saturated heterocycles. The summed E-state index contributed by atoms with van der Waals surface area (Å²) in [5.74, 6) is 0.696. The fraction of sp³-hybridized carbons (Fsp3) is 0.143. The highest BCUT2D eigenvalue weighted by molar-refractivity contribution is 5.79. The first kappa shape index (κ1) is 11.7. The molecule has 0 atom stereocenters. The summed E-state index contributed by atoms with van der Waals surface area (Å²) in [6.07, 6.45) is 1.73. The van der Waals surface area contributed by atoms with Gasteiger partial charge in [-0.2, -0.15) is 0 Å². The Morgan fingerprint density at radius 2 is 2.16 bits per heavy atom. The average Bonchev–Trinajstić information content (AvgIpc) is 2.84. The number of aryl methyl sites for hydroxylation is 1. The minimum Gasteiger partial charge on any atom is -0.338 e. The fourth-order valence-electron chi connectivity index (χ4n) is 2.02. The zero-order valence-corrected chi connectivity index (χ0v) is 10.6. The van der Waals surface area contributed by atoms with Crippen LogP contribution in [0.4, 0.5) is 0 Å². The quantitative estimate of drug-likeness (QED) is 0.725. The molecule has 0 unspecified atom stereocenters. The molecule has 0 fully saturated rings. The number of nitrogens with two attached hydrogens (primary N) is 1. The summed E-state index contributed by atoms with van der Waals surface area (Å²) in [4.78, 5) is 19.3. The first-order chi connectivity index (χ1) is 9.17. The predicted molar refractivity (Wildman–Crippen MR) is 74.7 cm³/mol. The average molecular weight is 254 g/mol. The predicted octanol–water partition coefficient (Wildman–Crippen LogP) is 1.39. The Balaban J connectivity index is 2.14. The monoisotopic (exact) mass is 254 g/mol. The van der Waals surface area contributed by atoms with Crippen molar-refractivity contribution in [2.75, 3.05) is 0 Å². The van der Waals surface area contributed by atoms with Crippen LogP contribution in [0, 0.1) is 0 Å². The molecule has 2 aromatic heterocycles. The number of aromatic amines is 1. The summed E-state index contributed by atoms with van der Waals surface area (Å²) >= 11 is 0. The Labute approximate surface area is 109 Å². The van der Waals surface area contributed by atoms with Crippen molar-refractivity contribution < 1.29 is 0 Å². The van der Waals surface area contributed by atoms with Crippen molar-refractivity contribution in [1.29, 1.82) is 0 Å². The summed E-state index contributed by atoms with van der Waals surface area (Å²) in [6, 6.07) is 9.30. The molecule has 0 bridgehead atoms. The number of H-pyrrole nitrogens is 1. The molecule has 0 aliphatic carbocycles. The molecule has 0 aliphatic rings. The molecule has 5 nitrogen and oxygen atoms in total. The van der Waals surface area contributed by atoms with E-state index in [0.717, 1.165) is 22.2 Å². The van der Waals surface area contributed by atoms with Crippen molar-refractivity contribution in [2.24, 2.45) is 12.8 Å². The molecule has 0 radical (unpaired) electrons. The van der Waals surface area contributed by atoms with Crippen LogP contribution >= 0.6 is 0 Å². The number of aromatic nitrogens is 3. The molecule has 0 spiro atoms. The molecule has 3 rings (SSSR count). The zero-order chi connectivity index (χ0) is 13.4. The van der Waals surface area contributed by atoms with Crippen LogP contribution in [0.5, 0.6) is 0 Å². The number of benzene rings is 1. The third-order valence-corrected chi connectivity index (χ3v) is 3.16. The number of pyridine rings is 1. The zero-order valence-electron chi connectivity index (χ0n) is 10.6. The van der Waals surface area contributed by atoms with Gasteiger partial charge in [-0.1, -0.05) is 6.07 Å². The van der Waals surface area contributed by atoms with Gasteiger partial charge in [0.1, 0.15) is 5.82 Å². The van der Waals surface area contributed by atoms with E-state index in [-0.39, 0.29) is 5.56 Å². The summed E-state index contributed by atoms with van der Waals surface area (Å²) in [6.45, 7) is 0.496. The standard InChI is InChI=1S/C14H14N4O/c1-18-5-4-10(7-13(18)19)14-16-11-3-2-9(8-15)6-12(11)17-14/h2-7H,8,15H2,1H3,(H,16,17). The van der Waals surface area contributed by atoms with Crippen LogP contribution < -0.4 is 11.3 Å². The smallest absolute Gasteiger partial charge is 0.250 e. The van der Waals surface area contributed by atoms with E-state index in [0.29, 0.717) is 12.4 Å². The first-order valence-corrected chi connectivity index (χ1v) is 6.03. The maximum Gasteiger partial charge on any atom is 0.250 e. The molecule has 0 saturated carbocycles. The van der Waals surface area contributed by atoms with Gasteiger partial charge in [0.2, 0.25) is 0 Å². The number of nitrogens with zero attached hydrogens (tertiary/aromatic N) is 2. The SMILES string of the molecule is Cn1ccc(-c2nc3ccc(CN)cc3[nH]2)cc1=O. The van der Waals surface area contributed by atoms with E-state index < -0.39 is 0 Å². The van der Waals surface area contributed by atoms with Gasteiger partial charge in [-0.25, -0.2) is 4.98 Å². The van der Waals surface area contributed by atoms with Gasteiger partial charge in [-0.15, -0.1) is 0 Å². The lowest BCUT2D eigenvalue weighted by Gasteiger charge is -1.98. The van der Waals surface area contributed by atoms with Crippen molar-refractivity contribution in [1.82, 2.24) is 14.5 Å². The van der Waals surface area contributed by atoms with E-state index in [4.69, 9.17) is 5.73 Å². The molecule has 0 aliphatic heterocycles. The molecule has 3 aromatic rings. The Kier molecular flexibility index (Phi) is 2.68. The number of fused-ring (bicyclic) bond motifs is 1. The van der Waals surface area contributed by atoms with Crippen LogP contribution in [0.25, 0.3) is 22.4 Å². The van der Waals surface area contributed by atoms with Gasteiger partial charge in [0.25, 0.3) is 5.56 Å². The second-order valence-corrected chi connectivity index (χ2v) is 4.51. The molecular weight excluding hydrogens is 240 g/mol. The fourth-order valence-corrected chi connectivity index (χ4v) is 2.02. The summed E-state index contributed by atoms with van der Waals surface area (Å²) < 4.78 is 1.53. The topological polar surface area (TPSA) is 76.7 Å². The van der Waals surface area contributed by atoms with Crippen LogP contribution in [-0.2, 0) is 13.6 Å². The van der Waals surface area contributed by atoms with E-state index in [1.165, 1.54) is 4.57 Å². The van der Waals surface area contributed by atoms with Crippen LogP contribution in [0.15, 0.2) is 41.3 Å². The van der Waals surface area contributed by atoms with Crippen LogP contribution in [0.2, 0.25) is 0 Å². The lowest BCUT2D eigenvalue weighted by atomic mass is 10.2. The normalized spacial score (nSPS) is 11.1. The number of rotatable bonds is 2. The number of hydrogen-bond acceptors (Lipinski definition) is 3. The Morgan fingerprint density at radius 1 is 1.32 bits per heavy atom. The Hall–Kier alpha value is -2.40. The van der Waals surface area contributed by atoms with Gasteiger partial charge in [0.15, 0.2) is 0 Å². The van der Waals surface area contributed by atoms with Crippen LogP contribution in [0.3, 0.4) is 0 Å². The van der Waals surface area contributed by atoms with Gasteiger partial charge in [-0.05, 0) is 23.8 Å². The lowest BCUT2D eigenvalue weighted by Crippen LogP contribution is -2.14. The van der Waals surface area contributed by atoms with Crippen molar-refractivity contribution in [3.8, 4) is 11.4 Å². The van der Waals surface area contributed by atoms with Crippen molar-refractivity contribution >= 4 is 11.0 Å². The second-order valence-electron chi connectivity index (χ2n) is 4.51. The molecule has 1 aromatic carbocycles. The van der Waals surface area contributed by atoms with Crippen molar-refractivity contribution in [3.63, 3.8) is 0 Å². The number of nitrogens with one attached hydrogen (secondary N) is 1. The molecular formula is C14H14N4O. The highest BCUT2D eigenvalue weighted by Crippen LogP contribution is 2.20. The number of hydrogen-bond donors (Lipinski definition) is 2. The van der Waals surface area contributed by atoms with E-state index in [1.54, 1.807) is 19.3 Å². The van der Waals surface area contributed by atoms with Crippen molar-refractivity contribution in [2.45, 2.75) is 6.54 Å². The molecule has 96 valence electrons. The van der Waals surface area contributed by atoms with E-state index in [9.17, 15) is 4.79 Å². The molecule has 2 heterocycles. The first-order valence-electron chi connectivity index (χ1n) is 6.03. The third-order valence-electron chi connectivity index (χ3n) is 3.16. The van der Waals surface area contributed by atoms with Gasteiger partial charge >= 0.3 is 0 Å². The van der Waals surface area contributed by atoms with Gasteiger partial charge in [0.05, 0.1) is 11.0 Å². The van der Waals surface area contributed by atoms with Gasteiger partial charge < -0.3 is 15.3 Å². The summed E-state index contributed by atoms with van der Waals surface area (Å²) in [7, 11) is 1.72. The van der Waals surface area contributed by atoms with E-state index in [2.05, 4.69) is 9.97 Å². The minimum atomic E-state index is -0.0550. The van der Waals surface area contributed by atoms with Gasteiger partial charge in [0, 0.05) is 31.4 Å². The lowest BCUT2D eigenvalue weighted by molar-refractivity contribution is 0.860. The maximum atomic E-state index is 11.6. The highest BCUT2D eigenvalue weighted by atomic mass is 16.1. The molecule has 3 N–H and O–H groups in total. The molecule has 0 amide bonds. The number of imidazole rings is 1. The molecule has 5 heteroatoms. The van der Waals surface area contributed by atoms with Crippen molar-refractivity contribution in [3.05, 3.63) is 52.4 Å². The largest absolute Gasteiger partial charge is 0.338 e. The third kappa shape index (κ3) is 2.04. The van der Waals surface area contributed by atoms with Crippen LogP contribution in [-0.4, -0.2) is 14.5 Å². The highest BCUT2D eigenvalue weighted by Gasteiger charge is 2.06. The maximum absolute atomic E-state index is 11.6. The Morgan fingerprint density at radius 3 is 2.89 bits per heavy atom. The molecule has 19 heavy (non-hydrogen) atoms. The summed E-state index contributed by atoms with van der Waals surface area (Å²) in [5, 5.41) is 0. The Bertz CT molecular complexity index is 801. The van der Waals surface area contributed by atoms with Crippen LogP contribution in [0.1, 0.15) is 5.56 Å². The van der Waals surface area contributed by atoms with Gasteiger partial charge in [-0.3, -0.25) is 4.79 Å². The van der Waals surface area contributed by atoms with E-state index >= 15 is 0 Å². The van der Waals surface area contributed by atoms with E-state index in [1.807, 2.05) is 24.3 Å². The second kappa shape index (κ2) is 4.37. The summed E-state index contributed by atoms with van der Waals surface area (Å²) in [5.41, 5.74) is 9.19.